The Labute approximate surface area is 133 Å². The molecule has 0 aliphatic carbocycles. The van der Waals surface area contributed by atoms with Crippen molar-refractivity contribution < 1.29 is 0 Å². The van der Waals surface area contributed by atoms with Gasteiger partial charge < -0.3 is 11.1 Å². The van der Waals surface area contributed by atoms with Crippen LogP contribution in [0.15, 0.2) is 59.7 Å². The van der Waals surface area contributed by atoms with Crippen LogP contribution in [-0.4, -0.2) is 15.0 Å². The van der Waals surface area contributed by atoms with E-state index in [2.05, 4.69) is 20.3 Å². The van der Waals surface area contributed by atoms with Crippen molar-refractivity contribution >= 4 is 5.95 Å². The number of nitrogens with two attached hydrogens (primary N) is 1. The molecule has 0 saturated carbocycles. The second kappa shape index (κ2) is 6.85. The zero-order valence-electron chi connectivity index (χ0n) is 12.5. The van der Waals surface area contributed by atoms with E-state index in [1.807, 2.05) is 36.4 Å². The Balaban J connectivity index is 1.80. The van der Waals surface area contributed by atoms with Gasteiger partial charge in [0.15, 0.2) is 0 Å². The molecule has 3 rings (SSSR count). The van der Waals surface area contributed by atoms with Crippen molar-refractivity contribution in [1.29, 1.82) is 0 Å². The number of aromatic amines is 1. The summed E-state index contributed by atoms with van der Waals surface area (Å²) < 4.78 is 0. The molecule has 0 saturated heterocycles. The molecular formula is C17H17N5O. The molecule has 6 nitrogen and oxygen atoms in total. The first-order valence-corrected chi connectivity index (χ1v) is 7.28. The molecule has 3 aromatic rings. The molecule has 0 spiro atoms. The van der Waals surface area contributed by atoms with Gasteiger partial charge in [-0.3, -0.25) is 14.8 Å². The lowest BCUT2D eigenvalue weighted by Gasteiger charge is -2.08. The number of rotatable bonds is 5. The first kappa shape index (κ1) is 14.9. The van der Waals surface area contributed by atoms with Gasteiger partial charge in [-0.2, -0.15) is 0 Å². The molecule has 0 unspecified atom stereocenters. The fourth-order valence-electron chi connectivity index (χ4n) is 2.26. The monoisotopic (exact) mass is 307 g/mol. The predicted octanol–water partition coefficient (Wildman–Crippen LogP) is 1.90. The lowest BCUT2D eigenvalue weighted by molar-refractivity contribution is 1.02. The predicted molar refractivity (Wildman–Crippen MR) is 89.7 cm³/mol. The summed E-state index contributed by atoms with van der Waals surface area (Å²) in [6.45, 7) is 1.05. The van der Waals surface area contributed by atoms with Crippen molar-refractivity contribution in [3.05, 3.63) is 76.3 Å². The average molecular weight is 307 g/mol. The van der Waals surface area contributed by atoms with Gasteiger partial charge in [0, 0.05) is 37.1 Å². The highest BCUT2D eigenvalue weighted by Gasteiger charge is 2.04. The van der Waals surface area contributed by atoms with E-state index in [-0.39, 0.29) is 5.56 Å². The molecule has 6 heteroatoms. The number of benzene rings is 1. The summed E-state index contributed by atoms with van der Waals surface area (Å²) in [7, 11) is 0. The maximum Gasteiger partial charge on any atom is 0.252 e. The molecule has 0 aliphatic heterocycles. The van der Waals surface area contributed by atoms with Crippen molar-refractivity contribution in [2.24, 2.45) is 5.73 Å². The van der Waals surface area contributed by atoms with Gasteiger partial charge in [-0.15, -0.1) is 0 Å². The minimum Gasteiger partial charge on any atom is -0.352 e. The van der Waals surface area contributed by atoms with E-state index in [1.165, 1.54) is 6.07 Å². The first-order valence-electron chi connectivity index (χ1n) is 7.28. The van der Waals surface area contributed by atoms with Crippen molar-refractivity contribution in [3.8, 4) is 11.3 Å². The van der Waals surface area contributed by atoms with Crippen LogP contribution in [0.25, 0.3) is 11.3 Å². The van der Waals surface area contributed by atoms with Crippen LogP contribution in [0, 0.1) is 0 Å². The van der Waals surface area contributed by atoms with Crippen molar-refractivity contribution in [2.45, 2.75) is 13.1 Å². The van der Waals surface area contributed by atoms with E-state index < -0.39 is 0 Å². The summed E-state index contributed by atoms with van der Waals surface area (Å²) >= 11 is 0. The van der Waals surface area contributed by atoms with Crippen molar-refractivity contribution in [3.63, 3.8) is 0 Å². The summed E-state index contributed by atoms with van der Waals surface area (Å²) in [5, 5.41) is 3.14. The Hall–Kier alpha value is -2.99. The fraction of sp³-hybridized carbons (Fsp3) is 0.118. The molecule has 1 aromatic carbocycles. The summed E-state index contributed by atoms with van der Waals surface area (Å²) in [5.41, 5.74) is 9.03. The summed E-state index contributed by atoms with van der Waals surface area (Å²) in [5.74, 6) is 0.433. The van der Waals surface area contributed by atoms with Crippen LogP contribution in [0.3, 0.4) is 0 Å². The highest BCUT2D eigenvalue weighted by molar-refractivity contribution is 5.59. The van der Waals surface area contributed by atoms with Crippen LogP contribution in [0.5, 0.6) is 0 Å². The zero-order valence-corrected chi connectivity index (χ0v) is 12.5. The summed E-state index contributed by atoms with van der Waals surface area (Å²) in [6.07, 6.45) is 3.34. The van der Waals surface area contributed by atoms with E-state index in [4.69, 9.17) is 5.73 Å². The van der Waals surface area contributed by atoms with Gasteiger partial charge in [0.25, 0.3) is 5.56 Å². The Morgan fingerprint density at radius 1 is 1.09 bits per heavy atom. The van der Waals surface area contributed by atoms with Crippen molar-refractivity contribution in [2.75, 3.05) is 5.32 Å². The SMILES string of the molecule is NCc1cccc(CNc2nc(-c3ccncc3)cc(=O)[nH]2)c1. The van der Waals surface area contributed by atoms with Crippen molar-refractivity contribution in [1.82, 2.24) is 15.0 Å². The van der Waals surface area contributed by atoms with Gasteiger partial charge in [-0.05, 0) is 23.3 Å². The van der Waals surface area contributed by atoms with Gasteiger partial charge in [0.1, 0.15) is 0 Å². The number of H-pyrrole nitrogens is 1. The lowest BCUT2D eigenvalue weighted by atomic mass is 10.1. The largest absolute Gasteiger partial charge is 0.352 e. The Morgan fingerprint density at radius 2 is 1.87 bits per heavy atom. The van der Waals surface area contributed by atoms with Gasteiger partial charge in [-0.25, -0.2) is 4.98 Å². The molecule has 0 amide bonds. The maximum absolute atomic E-state index is 11.8. The summed E-state index contributed by atoms with van der Waals surface area (Å²) in [4.78, 5) is 22.9. The molecule has 2 aromatic heterocycles. The summed E-state index contributed by atoms with van der Waals surface area (Å²) in [6, 6.07) is 13.1. The van der Waals surface area contributed by atoms with E-state index >= 15 is 0 Å². The maximum atomic E-state index is 11.8. The number of hydrogen-bond acceptors (Lipinski definition) is 5. The molecular weight excluding hydrogens is 290 g/mol. The zero-order chi connectivity index (χ0) is 16.1. The molecule has 2 heterocycles. The number of pyridine rings is 1. The van der Waals surface area contributed by atoms with Gasteiger partial charge in [-0.1, -0.05) is 24.3 Å². The van der Waals surface area contributed by atoms with Crippen LogP contribution in [-0.2, 0) is 13.1 Å². The van der Waals surface area contributed by atoms with Crippen LogP contribution in [0.4, 0.5) is 5.95 Å². The fourth-order valence-corrected chi connectivity index (χ4v) is 2.26. The standard InChI is InChI=1S/C17H17N5O/c18-10-12-2-1-3-13(8-12)11-20-17-21-15(9-16(23)22-17)14-4-6-19-7-5-14/h1-9H,10-11,18H2,(H2,20,21,22,23). The third-order valence-electron chi connectivity index (χ3n) is 3.40. The van der Waals surface area contributed by atoms with Crippen LogP contribution >= 0.6 is 0 Å². The molecule has 4 N–H and O–H groups in total. The minimum absolute atomic E-state index is 0.204. The van der Waals surface area contributed by atoms with Gasteiger partial charge >= 0.3 is 0 Å². The lowest BCUT2D eigenvalue weighted by Crippen LogP contribution is -2.13. The highest BCUT2D eigenvalue weighted by Crippen LogP contribution is 2.15. The minimum atomic E-state index is -0.204. The second-order valence-corrected chi connectivity index (χ2v) is 5.09. The number of nitrogens with one attached hydrogen (secondary N) is 2. The second-order valence-electron chi connectivity index (χ2n) is 5.09. The quantitative estimate of drug-likeness (QED) is 0.669. The topological polar surface area (TPSA) is 96.7 Å². The molecule has 0 bridgehead atoms. The number of anilines is 1. The molecule has 116 valence electrons. The number of nitrogens with zero attached hydrogens (tertiary/aromatic N) is 2. The Bertz CT molecular complexity index is 845. The molecule has 23 heavy (non-hydrogen) atoms. The van der Waals surface area contributed by atoms with Gasteiger partial charge in [0.2, 0.25) is 5.95 Å². The molecule has 0 fully saturated rings. The average Bonchev–Trinajstić information content (AvgIpc) is 2.60. The van der Waals surface area contributed by atoms with Crippen LogP contribution in [0.2, 0.25) is 0 Å². The van der Waals surface area contributed by atoms with E-state index in [1.54, 1.807) is 12.4 Å². The third kappa shape index (κ3) is 3.81. The molecule has 0 radical (unpaired) electrons. The Kier molecular flexibility index (Phi) is 4.44. The van der Waals surface area contributed by atoms with E-state index in [9.17, 15) is 4.79 Å². The molecule has 0 aliphatic rings. The van der Waals surface area contributed by atoms with E-state index in [0.29, 0.717) is 24.7 Å². The third-order valence-corrected chi connectivity index (χ3v) is 3.40. The van der Waals surface area contributed by atoms with Gasteiger partial charge in [0.05, 0.1) is 5.69 Å². The molecule has 0 atom stereocenters. The highest BCUT2D eigenvalue weighted by atomic mass is 16.1. The number of aromatic nitrogens is 3. The normalized spacial score (nSPS) is 10.5. The van der Waals surface area contributed by atoms with Crippen LogP contribution in [0.1, 0.15) is 11.1 Å². The smallest absolute Gasteiger partial charge is 0.252 e. The van der Waals surface area contributed by atoms with E-state index in [0.717, 1.165) is 16.7 Å². The number of hydrogen-bond donors (Lipinski definition) is 3. The Morgan fingerprint density at radius 3 is 2.65 bits per heavy atom. The first-order chi connectivity index (χ1) is 11.2. The van der Waals surface area contributed by atoms with Crippen LogP contribution < -0.4 is 16.6 Å².